The summed E-state index contributed by atoms with van der Waals surface area (Å²) in [5.74, 6) is 0. The van der Waals surface area contributed by atoms with Crippen LogP contribution < -0.4 is 0 Å². The fourth-order valence-electron chi connectivity index (χ4n) is 3.13. The van der Waals surface area contributed by atoms with E-state index in [0.29, 0.717) is 6.42 Å². The van der Waals surface area contributed by atoms with Crippen LogP contribution in [0.15, 0.2) is 0 Å². The van der Waals surface area contributed by atoms with Crippen molar-refractivity contribution in [3.05, 3.63) is 0 Å². The number of unbranched alkanes of at least 4 members (excludes halogenated alkanes) is 11. The summed E-state index contributed by atoms with van der Waals surface area (Å²) >= 11 is 0. The highest BCUT2D eigenvalue weighted by Gasteiger charge is 2.12. The molecule has 1 N–H and O–H groups in total. The van der Waals surface area contributed by atoms with Gasteiger partial charge in [-0.15, -0.1) is 0 Å². The number of hydrogen-bond acceptors (Lipinski definition) is 2. The topological polar surface area (TPSA) is 29.5 Å². The molecule has 0 amide bonds. The van der Waals surface area contributed by atoms with Gasteiger partial charge in [-0.1, -0.05) is 104 Å². The molecular formula is C21H44O2. The number of ether oxygens (including phenoxy) is 1. The van der Waals surface area contributed by atoms with Crippen molar-refractivity contribution in [1.29, 1.82) is 0 Å². The zero-order valence-corrected chi connectivity index (χ0v) is 16.3. The second-order valence-electron chi connectivity index (χ2n) is 7.09. The molecule has 0 fully saturated rings. The van der Waals surface area contributed by atoms with Gasteiger partial charge in [0.2, 0.25) is 0 Å². The molecular weight excluding hydrogens is 284 g/mol. The van der Waals surface area contributed by atoms with Crippen molar-refractivity contribution in [3.8, 4) is 0 Å². The van der Waals surface area contributed by atoms with E-state index in [0.717, 1.165) is 19.3 Å². The number of hydrogen-bond donors (Lipinski definition) is 1. The van der Waals surface area contributed by atoms with Gasteiger partial charge in [-0.2, -0.15) is 0 Å². The molecule has 0 saturated carbocycles. The highest BCUT2D eigenvalue weighted by molar-refractivity contribution is 4.59. The van der Waals surface area contributed by atoms with E-state index in [-0.39, 0.29) is 6.10 Å². The van der Waals surface area contributed by atoms with Gasteiger partial charge in [0.25, 0.3) is 0 Å². The monoisotopic (exact) mass is 328 g/mol. The van der Waals surface area contributed by atoms with Crippen LogP contribution in [0.2, 0.25) is 0 Å². The average Bonchev–Trinajstić information content (AvgIpc) is 2.55. The minimum absolute atomic E-state index is 0.262. The maximum atomic E-state index is 9.62. The Morgan fingerprint density at radius 2 is 1.09 bits per heavy atom. The lowest BCUT2D eigenvalue weighted by molar-refractivity contribution is -0.140. The molecule has 23 heavy (non-hydrogen) atoms. The van der Waals surface area contributed by atoms with E-state index in [1.807, 2.05) is 6.92 Å². The van der Waals surface area contributed by atoms with Crippen molar-refractivity contribution >= 4 is 0 Å². The van der Waals surface area contributed by atoms with Gasteiger partial charge in [0.15, 0.2) is 6.29 Å². The van der Waals surface area contributed by atoms with Gasteiger partial charge in [0.1, 0.15) is 0 Å². The van der Waals surface area contributed by atoms with Gasteiger partial charge in [-0.3, -0.25) is 0 Å². The maximum absolute atomic E-state index is 9.62. The molecule has 0 heterocycles. The van der Waals surface area contributed by atoms with Crippen molar-refractivity contribution in [2.45, 2.75) is 136 Å². The smallest absolute Gasteiger partial charge is 0.154 e. The minimum atomic E-state index is -0.566. The van der Waals surface area contributed by atoms with Crippen molar-refractivity contribution < 1.29 is 9.84 Å². The number of aliphatic hydroxyl groups is 1. The molecule has 0 radical (unpaired) electrons. The van der Waals surface area contributed by atoms with Crippen LogP contribution in [-0.4, -0.2) is 17.5 Å². The van der Waals surface area contributed by atoms with E-state index < -0.39 is 6.29 Å². The second-order valence-corrected chi connectivity index (χ2v) is 7.09. The summed E-state index contributed by atoms with van der Waals surface area (Å²) in [4.78, 5) is 0. The summed E-state index contributed by atoms with van der Waals surface area (Å²) < 4.78 is 5.70. The average molecular weight is 329 g/mol. The van der Waals surface area contributed by atoms with Crippen LogP contribution in [0.3, 0.4) is 0 Å². The summed E-state index contributed by atoms with van der Waals surface area (Å²) in [6.07, 6.45) is 20.4. The fourth-order valence-corrected chi connectivity index (χ4v) is 3.13. The standard InChI is InChI=1S/C21H44O2/c1-4-7-8-9-10-11-12-13-14-15-16-17-19-20(18-5-2)23-21(22)6-3/h20-22H,4-19H2,1-3H3. The predicted octanol–water partition coefficient (Wildman–Crippen LogP) is 6.99. The van der Waals surface area contributed by atoms with Crippen molar-refractivity contribution in [2.24, 2.45) is 0 Å². The summed E-state index contributed by atoms with van der Waals surface area (Å²) in [6, 6.07) is 0. The molecule has 0 aromatic heterocycles. The molecule has 0 aromatic rings. The Bertz CT molecular complexity index is 218. The van der Waals surface area contributed by atoms with Gasteiger partial charge >= 0.3 is 0 Å². The van der Waals surface area contributed by atoms with Crippen molar-refractivity contribution in [3.63, 3.8) is 0 Å². The first-order valence-electron chi connectivity index (χ1n) is 10.6. The summed E-state index contributed by atoms with van der Waals surface area (Å²) in [6.45, 7) is 6.44. The Kier molecular flexibility index (Phi) is 18.2. The SMILES string of the molecule is CCCCCCCCCCCCCCC(CCC)OC(O)CC. The molecule has 0 aliphatic carbocycles. The second kappa shape index (κ2) is 18.3. The first-order chi connectivity index (χ1) is 11.2. The lowest BCUT2D eigenvalue weighted by atomic mass is 10.0. The summed E-state index contributed by atoms with van der Waals surface area (Å²) in [7, 11) is 0. The molecule has 0 aliphatic rings. The molecule has 2 heteroatoms. The lowest BCUT2D eigenvalue weighted by Gasteiger charge is -2.20. The van der Waals surface area contributed by atoms with Crippen LogP contribution in [0.5, 0.6) is 0 Å². The highest BCUT2D eigenvalue weighted by atomic mass is 16.6. The normalized spacial score (nSPS) is 14.1. The molecule has 140 valence electrons. The largest absolute Gasteiger partial charge is 0.368 e. The van der Waals surface area contributed by atoms with E-state index in [1.54, 1.807) is 0 Å². The Balaban J connectivity index is 3.35. The Labute approximate surface area is 146 Å². The molecule has 2 atom stereocenters. The van der Waals surface area contributed by atoms with Crippen molar-refractivity contribution in [1.82, 2.24) is 0 Å². The van der Waals surface area contributed by atoms with Crippen LogP contribution >= 0.6 is 0 Å². The number of rotatable bonds is 18. The zero-order valence-electron chi connectivity index (χ0n) is 16.3. The third kappa shape index (κ3) is 16.6. The fraction of sp³-hybridized carbons (Fsp3) is 1.00. The van der Waals surface area contributed by atoms with Crippen molar-refractivity contribution in [2.75, 3.05) is 0 Å². The van der Waals surface area contributed by atoms with Gasteiger partial charge in [-0.05, 0) is 19.3 Å². The van der Waals surface area contributed by atoms with E-state index in [9.17, 15) is 5.11 Å². The molecule has 2 unspecified atom stereocenters. The first-order valence-corrected chi connectivity index (χ1v) is 10.6. The zero-order chi connectivity index (χ0) is 17.2. The summed E-state index contributed by atoms with van der Waals surface area (Å²) in [5, 5.41) is 9.62. The highest BCUT2D eigenvalue weighted by Crippen LogP contribution is 2.16. The Morgan fingerprint density at radius 3 is 1.52 bits per heavy atom. The van der Waals surface area contributed by atoms with Crippen LogP contribution in [0.4, 0.5) is 0 Å². The number of aliphatic hydroxyl groups excluding tert-OH is 1. The third-order valence-corrected chi connectivity index (χ3v) is 4.69. The Morgan fingerprint density at radius 1 is 0.609 bits per heavy atom. The summed E-state index contributed by atoms with van der Waals surface area (Å²) in [5.41, 5.74) is 0. The van der Waals surface area contributed by atoms with E-state index in [4.69, 9.17) is 4.74 Å². The van der Waals surface area contributed by atoms with Gasteiger partial charge in [-0.25, -0.2) is 0 Å². The van der Waals surface area contributed by atoms with Crippen LogP contribution in [0, 0.1) is 0 Å². The van der Waals surface area contributed by atoms with Gasteiger partial charge < -0.3 is 9.84 Å². The maximum Gasteiger partial charge on any atom is 0.154 e. The van der Waals surface area contributed by atoms with Crippen LogP contribution in [0.25, 0.3) is 0 Å². The molecule has 0 bridgehead atoms. The molecule has 0 aromatic carbocycles. The molecule has 0 saturated heterocycles. The van der Waals surface area contributed by atoms with Gasteiger partial charge in [0.05, 0.1) is 6.10 Å². The molecule has 0 rings (SSSR count). The van der Waals surface area contributed by atoms with E-state index in [1.165, 1.54) is 77.0 Å². The molecule has 0 aliphatic heterocycles. The molecule has 2 nitrogen and oxygen atoms in total. The third-order valence-electron chi connectivity index (χ3n) is 4.69. The Hall–Kier alpha value is -0.0800. The predicted molar refractivity (Wildman–Crippen MR) is 102 cm³/mol. The lowest BCUT2D eigenvalue weighted by Crippen LogP contribution is -2.21. The van der Waals surface area contributed by atoms with E-state index >= 15 is 0 Å². The van der Waals surface area contributed by atoms with Crippen LogP contribution in [-0.2, 0) is 4.74 Å². The van der Waals surface area contributed by atoms with E-state index in [2.05, 4.69) is 13.8 Å². The first kappa shape index (κ1) is 22.9. The van der Waals surface area contributed by atoms with Gasteiger partial charge in [0, 0.05) is 0 Å². The minimum Gasteiger partial charge on any atom is -0.368 e. The van der Waals surface area contributed by atoms with Crippen LogP contribution in [0.1, 0.15) is 124 Å². The quantitative estimate of drug-likeness (QED) is 0.217. The molecule has 0 spiro atoms.